The first-order chi connectivity index (χ1) is 5.74. The van der Waals surface area contributed by atoms with Crippen LogP contribution in [0.25, 0.3) is 0 Å². The normalized spacial score (nSPS) is 20.8. The van der Waals surface area contributed by atoms with Gasteiger partial charge in [0, 0.05) is 7.11 Å². The average molecular weight is 171 g/mol. The fourth-order valence-corrected chi connectivity index (χ4v) is 1.49. The molecule has 0 amide bonds. The highest BCUT2D eigenvalue weighted by molar-refractivity contribution is 6.23. The van der Waals surface area contributed by atoms with Crippen molar-refractivity contribution in [2.75, 3.05) is 20.2 Å². The predicted molar refractivity (Wildman–Crippen MR) is 46.1 cm³/mol. The molecule has 1 fully saturated rings. The lowest BCUT2D eigenvalue weighted by atomic mass is 9.94. The maximum atomic E-state index is 10.6. The Morgan fingerprint density at radius 2 is 2.17 bits per heavy atom. The first-order valence-electron chi connectivity index (χ1n) is 4.18. The van der Waals surface area contributed by atoms with Gasteiger partial charge in [-0.2, -0.15) is 0 Å². The molecule has 0 atom stereocenters. The number of hydrogen-bond donors (Lipinski definition) is 1. The smallest absolute Gasteiger partial charge is 0.363 e. The van der Waals surface area contributed by atoms with Gasteiger partial charge in [-0.15, -0.1) is 0 Å². The summed E-state index contributed by atoms with van der Waals surface area (Å²) in [5, 5.41) is 8.70. The van der Waals surface area contributed by atoms with Crippen molar-refractivity contribution in [2.24, 2.45) is 5.92 Å². The van der Waals surface area contributed by atoms with Crippen LogP contribution in [0.2, 0.25) is 0 Å². The zero-order valence-corrected chi connectivity index (χ0v) is 7.32. The number of carboxylic acids is 1. The lowest BCUT2D eigenvalue weighted by Crippen LogP contribution is -2.39. The molecule has 1 N–H and O–H groups in total. The summed E-state index contributed by atoms with van der Waals surface area (Å²) in [6.07, 6.45) is 1.50. The topological polar surface area (TPSA) is 49.8 Å². The predicted octanol–water partition coefficient (Wildman–Crippen LogP) is -0.304. The fraction of sp³-hybridized carbons (Fsp3) is 0.857. The van der Waals surface area contributed by atoms with E-state index in [1.54, 1.807) is 7.11 Å². The van der Waals surface area contributed by atoms with E-state index in [1.807, 2.05) is 0 Å². The number of carboxylic acid groups (broad SMARTS) is 1. The summed E-state index contributed by atoms with van der Waals surface area (Å²) in [6, 6.07) is 0. The molecule has 1 heterocycles. The van der Waals surface area contributed by atoms with Crippen LogP contribution in [0, 0.1) is 5.92 Å². The van der Waals surface area contributed by atoms with Crippen LogP contribution in [-0.2, 0) is 9.45 Å². The quantitative estimate of drug-likeness (QED) is 0.592. The Kier molecular flexibility index (Phi) is 3.56. The van der Waals surface area contributed by atoms with Crippen LogP contribution in [0.4, 0.5) is 0 Å². The van der Waals surface area contributed by atoms with Crippen molar-refractivity contribution in [1.82, 2.24) is 4.81 Å². The van der Waals surface area contributed by atoms with Crippen molar-refractivity contribution in [2.45, 2.75) is 12.8 Å². The molecular weight excluding hydrogens is 157 g/mol. The first kappa shape index (κ1) is 9.54. The summed E-state index contributed by atoms with van der Waals surface area (Å²) in [7, 11) is 2.27. The number of rotatable bonds is 3. The molecule has 4 nitrogen and oxygen atoms in total. The summed E-state index contributed by atoms with van der Waals surface area (Å²) in [4.78, 5) is 12.7. The van der Waals surface area contributed by atoms with E-state index >= 15 is 0 Å². The second-order valence-electron chi connectivity index (χ2n) is 3.15. The Hall–Kier alpha value is -0.545. The third kappa shape index (κ3) is 2.50. The lowest BCUT2D eigenvalue weighted by Gasteiger charge is -2.28. The van der Waals surface area contributed by atoms with E-state index in [2.05, 4.69) is 4.81 Å². The molecule has 68 valence electrons. The summed E-state index contributed by atoms with van der Waals surface area (Å²) < 4.78 is 4.96. The van der Waals surface area contributed by atoms with Gasteiger partial charge >= 0.3 is 13.6 Å². The van der Waals surface area contributed by atoms with Crippen LogP contribution >= 0.6 is 0 Å². The number of carbonyl (C=O) groups is 1. The van der Waals surface area contributed by atoms with Crippen molar-refractivity contribution >= 4 is 13.6 Å². The molecule has 0 spiro atoms. The van der Waals surface area contributed by atoms with Gasteiger partial charge in [0.25, 0.3) is 0 Å². The Balaban J connectivity index is 2.25. The molecule has 0 radical (unpaired) electrons. The number of piperidine rings is 1. The molecule has 0 aliphatic carbocycles. The fourth-order valence-electron chi connectivity index (χ4n) is 1.49. The molecule has 5 heteroatoms. The summed E-state index contributed by atoms with van der Waals surface area (Å²) in [6.45, 7) is 1.68. The third-order valence-electron chi connectivity index (χ3n) is 2.25. The van der Waals surface area contributed by atoms with Crippen LogP contribution in [0.15, 0.2) is 0 Å². The van der Waals surface area contributed by atoms with E-state index in [4.69, 9.17) is 9.76 Å². The van der Waals surface area contributed by atoms with Crippen molar-refractivity contribution in [3.8, 4) is 0 Å². The van der Waals surface area contributed by atoms with Crippen LogP contribution in [0.1, 0.15) is 12.8 Å². The van der Waals surface area contributed by atoms with E-state index in [0.29, 0.717) is 7.62 Å². The molecule has 1 saturated heterocycles. The molecule has 1 rings (SSSR count). The Morgan fingerprint density at radius 1 is 1.58 bits per heavy atom. The van der Waals surface area contributed by atoms with Crippen LogP contribution in [0.3, 0.4) is 0 Å². The zero-order valence-electron chi connectivity index (χ0n) is 7.32. The zero-order chi connectivity index (χ0) is 8.97. The lowest BCUT2D eigenvalue weighted by molar-refractivity contribution is -0.143. The Morgan fingerprint density at radius 3 is 2.58 bits per heavy atom. The maximum absolute atomic E-state index is 10.6. The van der Waals surface area contributed by atoms with Gasteiger partial charge in [0.1, 0.15) is 0 Å². The standard InChI is InChI=1S/C7H14BNO3/c1-12-8-9-4-2-6(3-5-9)7(10)11/h6,8H,2-5H2,1H3,(H,10,11). The molecule has 0 aromatic rings. The molecule has 0 unspecified atom stereocenters. The van der Waals surface area contributed by atoms with Gasteiger partial charge in [-0.25, -0.2) is 0 Å². The van der Waals surface area contributed by atoms with Gasteiger partial charge in [0.15, 0.2) is 0 Å². The van der Waals surface area contributed by atoms with Gasteiger partial charge in [-0.3, -0.25) is 4.79 Å². The number of hydrogen-bond acceptors (Lipinski definition) is 3. The summed E-state index contributed by atoms with van der Waals surface area (Å²) >= 11 is 0. The van der Waals surface area contributed by atoms with Crippen molar-refractivity contribution in [1.29, 1.82) is 0 Å². The van der Waals surface area contributed by atoms with Crippen molar-refractivity contribution in [3.63, 3.8) is 0 Å². The van der Waals surface area contributed by atoms with Gasteiger partial charge in [-0.05, 0) is 25.9 Å². The molecular formula is C7H14BNO3. The molecule has 12 heavy (non-hydrogen) atoms. The van der Waals surface area contributed by atoms with E-state index in [1.165, 1.54) is 0 Å². The van der Waals surface area contributed by atoms with Gasteiger partial charge in [0.2, 0.25) is 0 Å². The van der Waals surface area contributed by atoms with Gasteiger partial charge < -0.3 is 14.6 Å². The van der Waals surface area contributed by atoms with E-state index in [0.717, 1.165) is 25.9 Å². The minimum absolute atomic E-state index is 0.141. The average Bonchev–Trinajstić information content (AvgIpc) is 2.06. The van der Waals surface area contributed by atoms with E-state index in [9.17, 15) is 4.79 Å². The molecule has 0 saturated carbocycles. The van der Waals surface area contributed by atoms with Crippen molar-refractivity contribution in [3.05, 3.63) is 0 Å². The van der Waals surface area contributed by atoms with Crippen LogP contribution in [-0.4, -0.2) is 43.7 Å². The monoisotopic (exact) mass is 171 g/mol. The first-order valence-corrected chi connectivity index (χ1v) is 4.18. The molecule has 1 aliphatic rings. The number of aliphatic carboxylic acids is 1. The highest BCUT2D eigenvalue weighted by atomic mass is 16.4. The van der Waals surface area contributed by atoms with E-state index in [-0.39, 0.29) is 5.92 Å². The summed E-state index contributed by atoms with van der Waals surface area (Å²) in [5.41, 5.74) is 0. The second kappa shape index (κ2) is 4.47. The third-order valence-corrected chi connectivity index (χ3v) is 2.25. The second-order valence-corrected chi connectivity index (χ2v) is 3.15. The van der Waals surface area contributed by atoms with Gasteiger partial charge in [-0.1, -0.05) is 0 Å². The Bertz CT molecular complexity index is 157. The molecule has 0 aromatic carbocycles. The SMILES string of the molecule is COBN1CCC(C(=O)O)CC1. The molecule has 0 bridgehead atoms. The minimum Gasteiger partial charge on any atom is -0.481 e. The van der Waals surface area contributed by atoms with Crippen LogP contribution in [0.5, 0.6) is 0 Å². The maximum Gasteiger partial charge on any atom is 0.363 e. The van der Waals surface area contributed by atoms with Crippen LogP contribution < -0.4 is 0 Å². The Labute approximate surface area is 72.8 Å². The van der Waals surface area contributed by atoms with Gasteiger partial charge in [0.05, 0.1) is 5.92 Å². The largest absolute Gasteiger partial charge is 0.481 e. The van der Waals surface area contributed by atoms with Crippen molar-refractivity contribution < 1.29 is 14.6 Å². The highest BCUT2D eigenvalue weighted by Gasteiger charge is 2.24. The number of nitrogens with zero attached hydrogens (tertiary/aromatic N) is 1. The summed E-state index contributed by atoms with van der Waals surface area (Å²) in [5.74, 6) is -0.801. The molecule has 1 aliphatic heterocycles. The minimum atomic E-state index is -0.660. The molecule has 0 aromatic heterocycles. The highest BCUT2D eigenvalue weighted by Crippen LogP contribution is 2.16. The van der Waals surface area contributed by atoms with E-state index < -0.39 is 5.97 Å².